The Morgan fingerprint density at radius 2 is 0.380 bits per heavy atom. The highest BCUT2D eigenvalue weighted by molar-refractivity contribution is 7.31. The first-order valence-electron chi connectivity index (χ1n) is 47.0. The van der Waals surface area contributed by atoms with Crippen molar-refractivity contribution in [2.24, 2.45) is 0 Å². The Morgan fingerprint density at radius 3 is 0.603 bits per heavy atom. The molecule has 3 aliphatic rings. The Balaban J connectivity index is 0.683. The summed E-state index contributed by atoms with van der Waals surface area (Å²) in [5, 5.41) is 0. The molecule has 0 saturated carbocycles. The number of fused-ring (bicyclic) bond motifs is 11. The van der Waals surface area contributed by atoms with Crippen LogP contribution in [0, 0.1) is 0 Å². The lowest BCUT2D eigenvalue weighted by Crippen LogP contribution is -2.25. The number of hydrogen-bond donors (Lipinski definition) is 0. The number of unbranched alkanes of at least 4 members (excludes halogenated alkanes) is 22. The van der Waals surface area contributed by atoms with Crippen molar-refractivity contribution in [1.82, 2.24) is 0 Å². The van der Waals surface area contributed by atoms with Crippen molar-refractivity contribution in [3.63, 3.8) is 0 Å². The maximum Gasteiger partial charge on any atom is 0.118 e. The molecule has 8 aromatic carbocycles. The molecule has 0 saturated heterocycles. The number of benzene rings is 8. The number of ether oxygens (including phenoxy) is 2. The summed E-state index contributed by atoms with van der Waals surface area (Å²) in [7, 11) is 3.49. The summed E-state index contributed by atoms with van der Waals surface area (Å²) in [4.78, 5) is 10.8. The molecule has 626 valence electrons. The fourth-order valence-corrected chi connectivity index (χ4v) is 28.1. The molecule has 14 aromatic rings. The molecule has 121 heavy (non-hydrogen) atoms. The molecule has 0 bridgehead atoms. The summed E-state index contributed by atoms with van der Waals surface area (Å²) in [6.45, 7) is 14.2. The highest BCUT2D eigenvalue weighted by Crippen LogP contribution is 2.61. The number of rotatable bonds is 44. The van der Waals surface area contributed by atoms with E-state index in [0.717, 1.165) is 11.5 Å². The SMILES string of the molecule is CCCCCCCCC1(CCCCCCCC)c2cc(-c3cc4sc(-c5ccc6c(c5)C(CCCCCC)(CCCCCC)c5cc(-c7ccc(-c8ccc(OC)cc8)s7)ccc5-6)cc4s3)ccc2-c2ccc(-c3cc4sc(-c5ccc6c(c5)C(CCCCCC)(CCCCCC)c5cc(-c7ccc(-c8ccc(OC)cc8)s7)ccc5-6)cc4s3)cc21. The number of thiophene rings is 6. The highest BCUT2D eigenvalue weighted by Gasteiger charge is 2.46. The standard InChI is InChI=1S/C113H126O2S6/c1-9-15-21-27-29-35-65-113(66-36-30-28-22-16-10-2)97-71-83(105-75-109-107(120-105)73-103(118-109)81-43-53-89-87-51-41-79(101-59-57-99(116-101)77-37-47-85(114-7)48-38-77)67-93(87)111(95(89)69-81,61-31-23-17-11-3)62-32-24-18-12-4)45-55-91(97)92-56-46-84(72-98(92)113)106-76-110-108(121-106)74-104(119-110)82-44-54-90-88-52-42-80(102-60-58-100(117-102)78-39-49-86(115-8)50-40-78)68-94(88)112(96(90)70-82,63-33-25-19-13-5)64-34-26-20-14-6/h37-60,67-76H,9-36,61-66H2,1-8H3. The second kappa shape index (κ2) is 39.1. The van der Waals surface area contributed by atoms with Crippen LogP contribution in [0.15, 0.2) is 206 Å². The molecule has 3 aliphatic carbocycles. The van der Waals surface area contributed by atoms with Crippen LogP contribution in [-0.2, 0) is 16.2 Å². The van der Waals surface area contributed by atoms with E-state index in [1.807, 2.05) is 68.0 Å². The van der Waals surface area contributed by atoms with Gasteiger partial charge in [0.15, 0.2) is 0 Å². The summed E-state index contributed by atoms with van der Waals surface area (Å²) in [6, 6.07) is 82.6. The topological polar surface area (TPSA) is 18.5 Å². The zero-order valence-corrected chi connectivity index (χ0v) is 78.3. The minimum atomic E-state index is -0.0570. The molecular formula is C113H126O2S6. The van der Waals surface area contributed by atoms with E-state index in [2.05, 4.69) is 248 Å². The average Bonchev–Trinajstić information content (AvgIpc) is 1.57. The van der Waals surface area contributed by atoms with E-state index in [0.29, 0.717) is 0 Å². The Bertz CT molecular complexity index is 5390. The van der Waals surface area contributed by atoms with E-state index < -0.39 is 0 Å². The summed E-state index contributed by atoms with van der Waals surface area (Å²) < 4.78 is 16.7. The minimum absolute atomic E-state index is 0.0331. The Hall–Kier alpha value is -7.92. The van der Waals surface area contributed by atoms with Crippen LogP contribution in [0.3, 0.4) is 0 Å². The van der Waals surface area contributed by atoms with Gasteiger partial charge in [-0.15, -0.1) is 68.0 Å². The van der Waals surface area contributed by atoms with Crippen LogP contribution < -0.4 is 9.47 Å². The van der Waals surface area contributed by atoms with E-state index in [-0.39, 0.29) is 16.2 Å². The Labute approximate surface area is 748 Å². The predicted octanol–water partition coefficient (Wildman–Crippen LogP) is 37.9. The van der Waals surface area contributed by atoms with Crippen molar-refractivity contribution in [1.29, 1.82) is 0 Å². The molecule has 0 spiro atoms. The third-order valence-corrected chi connectivity index (χ3v) is 35.1. The smallest absolute Gasteiger partial charge is 0.118 e. The summed E-state index contributed by atoms with van der Waals surface area (Å²) in [5.74, 6) is 1.79. The maximum absolute atomic E-state index is 5.53. The number of methoxy groups -OCH3 is 2. The highest BCUT2D eigenvalue weighted by atomic mass is 32.1. The van der Waals surface area contributed by atoms with Crippen LogP contribution >= 0.6 is 68.0 Å². The van der Waals surface area contributed by atoms with E-state index in [4.69, 9.17) is 9.47 Å². The van der Waals surface area contributed by atoms with Gasteiger partial charge in [-0.05, 0) is 283 Å². The first-order valence-corrected chi connectivity index (χ1v) is 51.9. The molecule has 2 nitrogen and oxygen atoms in total. The van der Waals surface area contributed by atoms with Crippen molar-refractivity contribution in [2.75, 3.05) is 14.2 Å². The molecular weight excluding hydrogens is 1580 g/mol. The first-order chi connectivity index (χ1) is 59.5. The van der Waals surface area contributed by atoms with Gasteiger partial charge in [0, 0.05) is 74.1 Å². The van der Waals surface area contributed by atoms with Crippen LogP contribution in [0.2, 0.25) is 0 Å². The molecule has 0 amide bonds. The molecule has 0 N–H and O–H groups in total. The normalized spacial score (nSPS) is 13.8. The van der Waals surface area contributed by atoms with Crippen LogP contribution in [-0.4, -0.2) is 14.2 Å². The van der Waals surface area contributed by atoms with Gasteiger partial charge >= 0.3 is 0 Å². The van der Waals surface area contributed by atoms with Gasteiger partial charge in [-0.25, -0.2) is 0 Å². The largest absolute Gasteiger partial charge is 0.497 e. The predicted molar refractivity (Wildman–Crippen MR) is 535 cm³/mol. The third-order valence-electron chi connectivity index (χ3n) is 27.9. The lowest BCUT2D eigenvalue weighted by atomic mass is 9.70. The van der Waals surface area contributed by atoms with Crippen LogP contribution in [0.5, 0.6) is 11.5 Å². The van der Waals surface area contributed by atoms with Crippen molar-refractivity contribution in [3.8, 4) is 128 Å². The second-order valence-corrected chi connectivity index (χ2v) is 42.3. The Morgan fingerprint density at radius 1 is 0.190 bits per heavy atom. The molecule has 0 atom stereocenters. The van der Waals surface area contributed by atoms with Gasteiger partial charge in [0.2, 0.25) is 0 Å². The monoisotopic (exact) mass is 1710 g/mol. The molecule has 17 rings (SSSR count). The average molecular weight is 1710 g/mol. The zero-order valence-electron chi connectivity index (χ0n) is 73.4. The summed E-state index contributed by atoms with van der Waals surface area (Å²) in [6.07, 6.45) is 43.2. The molecule has 6 aromatic heterocycles. The van der Waals surface area contributed by atoms with Gasteiger partial charge in [0.05, 0.1) is 14.2 Å². The first kappa shape index (κ1) is 85.3. The fourth-order valence-electron chi connectivity index (χ4n) is 21.3. The van der Waals surface area contributed by atoms with Crippen molar-refractivity contribution in [3.05, 3.63) is 240 Å². The van der Waals surface area contributed by atoms with E-state index >= 15 is 0 Å². The minimum Gasteiger partial charge on any atom is -0.497 e. The molecule has 0 fully saturated rings. The van der Waals surface area contributed by atoms with Gasteiger partial charge in [-0.1, -0.05) is 294 Å². The van der Waals surface area contributed by atoms with Crippen molar-refractivity contribution >= 4 is 86.8 Å². The van der Waals surface area contributed by atoms with E-state index in [9.17, 15) is 0 Å². The van der Waals surface area contributed by atoms with Crippen molar-refractivity contribution in [2.45, 2.75) is 276 Å². The zero-order chi connectivity index (χ0) is 82.9. The van der Waals surface area contributed by atoms with Gasteiger partial charge in [0.25, 0.3) is 0 Å². The number of hydrogen-bond acceptors (Lipinski definition) is 8. The van der Waals surface area contributed by atoms with Crippen LogP contribution in [0.4, 0.5) is 0 Å². The quantitative estimate of drug-likeness (QED) is 0.0354. The Kier molecular flexibility index (Phi) is 27.5. The third kappa shape index (κ3) is 17.6. The van der Waals surface area contributed by atoms with Gasteiger partial charge in [0.1, 0.15) is 11.5 Å². The molecule has 8 heteroatoms. The molecule has 6 heterocycles. The van der Waals surface area contributed by atoms with Crippen molar-refractivity contribution < 1.29 is 9.47 Å². The lowest BCUT2D eigenvalue weighted by Gasteiger charge is -2.33. The summed E-state index contributed by atoms with van der Waals surface area (Å²) >= 11 is 11.9. The van der Waals surface area contributed by atoms with Gasteiger partial charge < -0.3 is 9.47 Å². The maximum atomic E-state index is 5.53. The molecule has 0 unspecified atom stereocenters. The van der Waals surface area contributed by atoms with Crippen LogP contribution in [0.25, 0.3) is 136 Å². The van der Waals surface area contributed by atoms with E-state index in [1.54, 1.807) is 47.6 Å². The molecule has 0 radical (unpaired) electrons. The second-order valence-electron chi connectivity index (χ2n) is 35.8. The lowest BCUT2D eigenvalue weighted by molar-refractivity contribution is 0.398. The van der Waals surface area contributed by atoms with E-state index in [1.165, 1.54) is 354 Å². The summed E-state index contributed by atoms with van der Waals surface area (Å²) in [5.41, 5.74) is 28.7. The van der Waals surface area contributed by atoms with Crippen LogP contribution in [0.1, 0.15) is 293 Å². The van der Waals surface area contributed by atoms with Gasteiger partial charge in [-0.2, -0.15) is 0 Å². The fraction of sp³-hybridized carbons (Fsp3) is 0.398. The van der Waals surface area contributed by atoms with Gasteiger partial charge in [-0.3, -0.25) is 0 Å². The molecule has 0 aliphatic heterocycles.